The quantitative estimate of drug-likeness (QED) is 0.252. The maximum Gasteiger partial charge on any atom is 0.0983 e. The molecule has 0 aromatic heterocycles. The summed E-state index contributed by atoms with van der Waals surface area (Å²) in [6, 6.07) is 0.110. The maximum atomic E-state index is 9.15. The Labute approximate surface area is 131 Å². The van der Waals surface area contributed by atoms with Gasteiger partial charge in [0.1, 0.15) is 0 Å². The Bertz CT molecular complexity index is 226. The van der Waals surface area contributed by atoms with E-state index in [1.807, 2.05) is 0 Å². The Morgan fingerprint density at radius 1 is 0.950 bits per heavy atom. The van der Waals surface area contributed by atoms with Crippen LogP contribution in [0.25, 0.3) is 0 Å². The molecule has 0 heterocycles. The van der Waals surface area contributed by atoms with Crippen molar-refractivity contribution in [3.8, 4) is 0 Å². The zero-order valence-electron chi connectivity index (χ0n) is 13.6. The molecule has 0 radical (unpaired) electrons. The molecular weight excluding hydrogens is 294 g/mol. The molecule has 3 N–H and O–H groups in total. The van der Waals surface area contributed by atoms with E-state index in [0.717, 1.165) is 24.3 Å². The van der Waals surface area contributed by atoms with Gasteiger partial charge < -0.3 is 5.21 Å². The van der Waals surface area contributed by atoms with Gasteiger partial charge in [-0.1, -0.05) is 63.1 Å². The van der Waals surface area contributed by atoms with E-state index in [2.05, 4.69) is 51.9 Å². The lowest BCUT2D eigenvalue weighted by atomic mass is 9.86. The van der Waals surface area contributed by atoms with Gasteiger partial charge in [-0.25, -0.2) is 10.4 Å². The lowest BCUT2D eigenvalue weighted by molar-refractivity contribution is -0.299. The van der Waals surface area contributed by atoms with Crippen LogP contribution in [-0.2, 0) is 4.89 Å². The summed E-state index contributed by atoms with van der Waals surface area (Å²) < 4.78 is 0. The topological polar surface area (TPSA) is 61.7 Å². The summed E-state index contributed by atoms with van der Waals surface area (Å²) >= 11 is 0. The predicted molar refractivity (Wildman–Crippen MR) is 89.3 cm³/mol. The highest BCUT2D eigenvalue weighted by Gasteiger charge is 2.26. The van der Waals surface area contributed by atoms with E-state index in [1.54, 1.807) is 21.6 Å². The van der Waals surface area contributed by atoms with E-state index in [9.17, 15) is 0 Å². The lowest BCUT2D eigenvalue weighted by Gasteiger charge is -2.29. The molecule has 0 spiro atoms. The van der Waals surface area contributed by atoms with Gasteiger partial charge >= 0.3 is 0 Å². The van der Waals surface area contributed by atoms with Crippen LogP contribution in [0, 0.1) is 10.8 Å². The van der Waals surface area contributed by atoms with Crippen LogP contribution in [0.3, 0.4) is 0 Å². The SMILES string of the molecule is CC(C)(C)C(CCSSCCC(OO)C(C)(C)C)NO. The summed E-state index contributed by atoms with van der Waals surface area (Å²) in [5.74, 6) is 1.93. The third-order valence-corrected chi connectivity index (χ3v) is 5.80. The summed E-state index contributed by atoms with van der Waals surface area (Å²) in [5, 5.41) is 18.1. The van der Waals surface area contributed by atoms with Gasteiger partial charge in [0.15, 0.2) is 0 Å². The fourth-order valence-electron chi connectivity index (χ4n) is 1.77. The first-order chi connectivity index (χ1) is 9.12. The van der Waals surface area contributed by atoms with Crippen molar-refractivity contribution in [1.82, 2.24) is 5.48 Å². The first-order valence-corrected chi connectivity index (χ1v) is 9.56. The van der Waals surface area contributed by atoms with Gasteiger partial charge in [0.25, 0.3) is 0 Å². The van der Waals surface area contributed by atoms with Gasteiger partial charge in [0.2, 0.25) is 0 Å². The fraction of sp³-hybridized carbons (Fsp3) is 1.00. The number of rotatable bonds is 9. The predicted octanol–water partition coefficient (Wildman–Crippen LogP) is 4.45. The van der Waals surface area contributed by atoms with Crippen molar-refractivity contribution in [2.24, 2.45) is 10.8 Å². The average Bonchev–Trinajstić information content (AvgIpc) is 2.29. The highest BCUT2D eigenvalue weighted by Crippen LogP contribution is 2.30. The number of hydrogen-bond acceptors (Lipinski definition) is 6. The normalized spacial score (nSPS) is 16.2. The molecule has 20 heavy (non-hydrogen) atoms. The Morgan fingerprint density at radius 2 is 1.45 bits per heavy atom. The summed E-state index contributed by atoms with van der Waals surface area (Å²) in [6.45, 7) is 12.5. The van der Waals surface area contributed by atoms with Crippen LogP contribution < -0.4 is 5.48 Å². The molecule has 0 rings (SSSR count). The third kappa shape index (κ3) is 8.74. The van der Waals surface area contributed by atoms with E-state index in [-0.39, 0.29) is 23.0 Å². The number of nitrogens with one attached hydrogen (secondary N) is 1. The van der Waals surface area contributed by atoms with Gasteiger partial charge in [-0.3, -0.25) is 5.26 Å². The van der Waals surface area contributed by atoms with Crippen molar-refractivity contribution in [1.29, 1.82) is 0 Å². The van der Waals surface area contributed by atoms with Crippen molar-refractivity contribution in [3.63, 3.8) is 0 Å². The molecule has 0 aliphatic heterocycles. The molecular formula is C14H31NO3S2. The van der Waals surface area contributed by atoms with Crippen molar-refractivity contribution in [2.75, 3.05) is 11.5 Å². The summed E-state index contributed by atoms with van der Waals surface area (Å²) in [6.07, 6.45) is 1.63. The van der Waals surface area contributed by atoms with Crippen LogP contribution in [0.5, 0.6) is 0 Å². The molecule has 0 fully saturated rings. The Morgan fingerprint density at radius 3 is 1.80 bits per heavy atom. The van der Waals surface area contributed by atoms with Crippen LogP contribution >= 0.6 is 21.6 Å². The van der Waals surface area contributed by atoms with Crippen molar-refractivity contribution < 1.29 is 15.4 Å². The molecule has 4 nitrogen and oxygen atoms in total. The molecule has 0 aliphatic carbocycles. The van der Waals surface area contributed by atoms with Crippen LogP contribution in [0.15, 0.2) is 0 Å². The van der Waals surface area contributed by atoms with E-state index in [1.165, 1.54) is 0 Å². The maximum absolute atomic E-state index is 9.15. The number of hydroxylamine groups is 1. The molecule has 122 valence electrons. The van der Waals surface area contributed by atoms with Crippen molar-refractivity contribution in [3.05, 3.63) is 0 Å². The van der Waals surface area contributed by atoms with Gasteiger partial charge in [-0.15, -0.1) is 0 Å². The molecule has 0 saturated heterocycles. The van der Waals surface area contributed by atoms with E-state index < -0.39 is 0 Å². The van der Waals surface area contributed by atoms with Crippen LogP contribution in [0.2, 0.25) is 0 Å². The zero-order valence-corrected chi connectivity index (χ0v) is 15.2. The van der Waals surface area contributed by atoms with Crippen LogP contribution in [0.1, 0.15) is 54.4 Å². The molecule has 0 aliphatic rings. The first kappa shape index (κ1) is 20.5. The van der Waals surface area contributed by atoms with Crippen molar-refractivity contribution >= 4 is 21.6 Å². The zero-order chi connectivity index (χ0) is 15.8. The highest BCUT2D eigenvalue weighted by atomic mass is 33.1. The second kappa shape index (κ2) is 9.54. The summed E-state index contributed by atoms with van der Waals surface area (Å²) in [4.78, 5) is 4.56. The van der Waals surface area contributed by atoms with Gasteiger partial charge in [-0.05, 0) is 23.7 Å². The second-order valence-corrected chi connectivity index (χ2v) is 9.93. The highest BCUT2D eigenvalue weighted by molar-refractivity contribution is 8.76. The smallest absolute Gasteiger partial charge is 0.0983 e. The van der Waals surface area contributed by atoms with Gasteiger partial charge in [0, 0.05) is 17.5 Å². The minimum Gasteiger partial charge on any atom is -0.317 e. The minimum absolute atomic E-state index is 0.0435. The molecule has 0 aromatic rings. The monoisotopic (exact) mass is 325 g/mol. The molecule has 6 heteroatoms. The van der Waals surface area contributed by atoms with Gasteiger partial charge in [0.05, 0.1) is 6.10 Å². The van der Waals surface area contributed by atoms with E-state index in [0.29, 0.717) is 0 Å². The van der Waals surface area contributed by atoms with Gasteiger partial charge in [-0.2, -0.15) is 0 Å². The summed E-state index contributed by atoms with van der Waals surface area (Å²) in [7, 11) is 3.60. The van der Waals surface area contributed by atoms with Crippen LogP contribution in [-0.4, -0.2) is 34.1 Å². The molecule has 0 aromatic carbocycles. The standard InChI is InChI=1S/C14H31NO3S2/c1-13(2,3)11(15-16)7-9-19-20-10-8-12(18-17)14(4,5)6/h11-12,15-17H,7-10H2,1-6H3. The Balaban J connectivity index is 3.77. The third-order valence-electron chi connectivity index (χ3n) is 3.33. The lowest BCUT2D eigenvalue weighted by Crippen LogP contribution is -2.38. The molecule has 0 saturated carbocycles. The Hall–Kier alpha value is 0.540. The van der Waals surface area contributed by atoms with Crippen LogP contribution in [0.4, 0.5) is 0 Å². The molecule has 0 amide bonds. The fourth-order valence-corrected chi connectivity index (χ4v) is 3.94. The molecule has 0 bridgehead atoms. The Kier molecular flexibility index (Phi) is 9.79. The number of hydrogen-bond donors (Lipinski definition) is 3. The first-order valence-electron chi connectivity index (χ1n) is 7.07. The van der Waals surface area contributed by atoms with E-state index >= 15 is 0 Å². The molecule has 2 atom stereocenters. The largest absolute Gasteiger partial charge is 0.317 e. The average molecular weight is 326 g/mol. The summed E-state index contributed by atoms with van der Waals surface area (Å²) in [5.41, 5.74) is 2.42. The second-order valence-electron chi connectivity index (χ2n) is 7.23. The minimum atomic E-state index is -0.128. The molecule has 2 unspecified atom stereocenters. The van der Waals surface area contributed by atoms with Crippen molar-refractivity contribution in [2.45, 2.75) is 66.5 Å². The van der Waals surface area contributed by atoms with E-state index in [4.69, 9.17) is 10.5 Å².